The van der Waals surface area contributed by atoms with Crippen LogP contribution in [-0.2, 0) is 9.59 Å². The Morgan fingerprint density at radius 3 is 1.89 bits per heavy atom. The molecule has 1 atom stereocenters. The van der Waals surface area contributed by atoms with Gasteiger partial charge in [-0.15, -0.1) is 0 Å². The minimum absolute atomic E-state index is 0.0234. The zero-order valence-electron chi connectivity index (χ0n) is 12.5. The summed E-state index contributed by atoms with van der Waals surface area (Å²) in [5.74, 6) is -1.18. The lowest BCUT2D eigenvalue weighted by molar-refractivity contribution is -0.153. The van der Waals surface area contributed by atoms with Crippen LogP contribution < -0.4 is 5.32 Å². The van der Waals surface area contributed by atoms with Crippen molar-refractivity contribution in [2.24, 2.45) is 11.3 Å². The number of nitrogens with one attached hydrogen (secondary N) is 1. The molecule has 0 aliphatic carbocycles. The van der Waals surface area contributed by atoms with Gasteiger partial charge in [-0.2, -0.15) is 0 Å². The predicted molar refractivity (Wildman–Crippen MR) is 72.3 cm³/mol. The number of hydrogen-bond donors (Lipinski definition) is 2. The minimum atomic E-state index is -1.01. The van der Waals surface area contributed by atoms with Gasteiger partial charge in [0.05, 0.1) is 5.41 Å². The first-order valence-corrected chi connectivity index (χ1v) is 6.65. The van der Waals surface area contributed by atoms with Crippen molar-refractivity contribution in [1.82, 2.24) is 5.32 Å². The molecule has 0 bridgehead atoms. The number of hydrogen-bond acceptors (Lipinski definition) is 2. The maximum atomic E-state index is 12.0. The van der Waals surface area contributed by atoms with Crippen LogP contribution in [0.15, 0.2) is 0 Å². The molecule has 106 valence electrons. The number of carboxylic acid groups (broad SMARTS) is 1. The second kappa shape index (κ2) is 6.21. The van der Waals surface area contributed by atoms with Crippen molar-refractivity contribution >= 4 is 11.9 Å². The van der Waals surface area contributed by atoms with Crippen LogP contribution >= 0.6 is 0 Å². The topological polar surface area (TPSA) is 66.4 Å². The summed E-state index contributed by atoms with van der Waals surface area (Å²) in [7, 11) is 0. The van der Waals surface area contributed by atoms with E-state index >= 15 is 0 Å². The number of carboxylic acids is 1. The minimum Gasteiger partial charge on any atom is -0.481 e. The molecule has 0 aliphatic rings. The first kappa shape index (κ1) is 16.9. The second-order valence-corrected chi connectivity index (χ2v) is 5.87. The summed E-state index contributed by atoms with van der Waals surface area (Å²) in [5.41, 5.74) is -1.25. The van der Waals surface area contributed by atoms with Crippen molar-refractivity contribution in [3.8, 4) is 0 Å². The summed E-state index contributed by atoms with van der Waals surface area (Å²) >= 11 is 0. The van der Waals surface area contributed by atoms with Crippen molar-refractivity contribution in [1.29, 1.82) is 0 Å². The summed E-state index contributed by atoms with van der Waals surface area (Å²) < 4.78 is 0. The predicted octanol–water partition coefficient (Wildman–Crippen LogP) is 2.82. The van der Waals surface area contributed by atoms with Gasteiger partial charge < -0.3 is 10.4 Å². The first-order valence-electron chi connectivity index (χ1n) is 6.65. The zero-order chi connectivity index (χ0) is 14.6. The van der Waals surface area contributed by atoms with Crippen LogP contribution in [0.4, 0.5) is 0 Å². The van der Waals surface area contributed by atoms with E-state index in [0.29, 0.717) is 0 Å². The Morgan fingerprint density at radius 1 is 1.17 bits per heavy atom. The lowest BCUT2D eigenvalue weighted by Gasteiger charge is -2.32. The molecule has 0 spiro atoms. The summed E-state index contributed by atoms with van der Waals surface area (Å²) in [5, 5.41) is 12.2. The molecule has 18 heavy (non-hydrogen) atoms. The number of amides is 1. The van der Waals surface area contributed by atoms with Crippen LogP contribution in [0.2, 0.25) is 0 Å². The van der Waals surface area contributed by atoms with Gasteiger partial charge in [-0.3, -0.25) is 9.59 Å². The SMILES string of the molecule is CCC(C)(CC)NC(=O)CC(C)(C(=O)O)C(C)C. The molecular formula is C14H27NO3. The Morgan fingerprint density at radius 2 is 1.61 bits per heavy atom. The Kier molecular flexibility index (Phi) is 5.84. The summed E-state index contributed by atoms with van der Waals surface area (Å²) in [6.07, 6.45) is 1.69. The number of carbonyl (C=O) groups excluding carboxylic acids is 1. The fourth-order valence-electron chi connectivity index (χ4n) is 1.67. The van der Waals surface area contributed by atoms with Gasteiger partial charge in [0, 0.05) is 12.0 Å². The monoisotopic (exact) mass is 257 g/mol. The van der Waals surface area contributed by atoms with Gasteiger partial charge in [0.1, 0.15) is 0 Å². The molecule has 0 heterocycles. The van der Waals surface area contributed by atoms with Gasteiger partial charge in [-0.05, 0) is 32.6 Å². The molecule has 0 aromatic rings. The molecule has 0 saturated heterocycles. The molecule has 2 N–H and O–H groups in total. The lowest BCUT2D eigenvalue weighted by Crippen LogP contribution is -2.48. The van der Waals surface area contributed by atoms with E-state index < -0.39 is 11.4 Å². The Hall–Kier alpha value is -1.06. The highest BCUT2D eigenvalue weighted by atomic mass is 16.4. The van der Waals surface area contributed by atoms with Gasteiger partial charge in [0.15, 0.2) is 0 Å². The van der Waals surface area contributed by atoms with Gasteiger partial charge >= 0.3 is 5.97 Å². The van der Waals surface area contributed by atoms with Crippen molar-refractivity contribution in [3.63, 3.8) is 0 Å². The largest absolute Gasteiger partial charge is 0.481 e. The quantitative estimate of drug-likeness (QED) is 0.737. The third-order valence-corrected chi connectivity index (χ3v) is 4.29. The van der Waals surface area contributed by atoms with E-state index in [4.69, 9.17) is 0 Å². The smallest absolute Gasteiger partial charge is 0.310 e. The van der Waals surface area contributed by atoms with Crippen molar-refractivity contribution in [3.05, 3.63) is 0 Å². The first-order chi connectivity index (χ1) is 8.11. The van der Waals surface area contributed by atoms with E-state index in [9.17, 15) is 14.7 Å². The molecule has 0 radical (unpaired) electrons. The number of rotatable bonds is 7. The van der Waals surface area contributed by atoms with Crippen LogP contribution in [0.3, 0.4) is 0 Å². The molecule has 0 rings (SSSR count). The fourth-order valence-corrected chi connectivity index (χ4v) is 1.67. The molecule has 0 saturated carbocycles. The van der Waals surface area contributed by atoms with Crippen molar-refractivity contribution < 1.29 is 14.7 Å². The maximum absolute atomic E-state index is 12.0. The normalized spacial score (nSPS) is 15.3. The second-order valence-electron chi connectivity index (χ2n) is 5.87. The van der Waals surface area contributed by atoms with E-state index in [1.54, 1.807) is 6.92 Å². The van der Waals surface area contributed by atoms with E-state index in [1.807, 2.05) is 34.6 Å². The van der Waals surface area contributed by atoms with Crippen LogP contribution in [0, 0.1) is 11.3 Å². The third kappa shape index (κ3) is 4.00. The highest BCUT2D eigenvalue weighted by Gasteiger charge is 2.39. The van der Waals surface area contributed by atoms with Gasteiger partial charge in [0.2, 0.25) is 5.91 Å². The summed E-state index contributed by atoms with van der Waals surface area (Å²) in [6, 6.07) is 0. The molecular weight excluding hydrogens is 230 g/mol. The van der Waals surface area contributed by atoms with Crippen LogP contribution in [0.25, 0.3) is 0 Å². The molecule has 0 aromatic carbocycles. The van der Waals surface area contributed by atoms with Crippen LogP contribution in [-0.4, -0.2) is 22.5 Å². The average molecular weight is 257 g/mol. The third-order valence-electron chi connectivity index (χ3n) is 4.29. The van der Waals surface area contributed by atoms with Gasteiger partial charge in [-0.1, -0.05) is 27.7 Å². The molecule has 4 nitrogen and oxygen atoms in total. The lowest BCUT2D eigenvalue weighted by atomic mass is 9.76. The molecule has 1 unspecified atom stereocenters. The van der Waals surface area contributed by atoms with E-state index in [2.05, 4.69) is 5.32 Å². The zero-order valence-corrected chi connectivity index (χ0v) is 12.5. The highest BCUT2D eigenvalue weighted by Crippen LogP contribution is 2.31. The van der Waals surface area contributed by atoms with E-state index in [0.717, 1.165) is 12.8 Å². The fraction of sp³-hybridized carbons (Fsp3) is 0.857. The Bertz CT molecular complexity index is 308. The maximum Gasteiger partial charge on any atom is 0.310 e. The van der Waals surface area contributed by atoms with E-state index in [-0.39, 0.29) is 23.8 Å². The molecule has 1 amide bonds. The Balaban J connectivity index is 4.79. The van der Waals surface area contributed by atoms with Crippen LogP contribution in [0.1, 0.15) is 60.8 Å². The number of aliphatic carboxylic acids is 1. The molecule has 0 fully saturated rings. The summed E-state index contributed by atoms with van der Waals surface area (Å²) in [6.45, 7) is 11.3. The van der Waals surface area contributed by atoms with Gasteiger partial charge in [0.25, 0.3) is 0 Å². The summed E-state index contributed by atoms with van der Waals surface area (Å²) in [4.78, 5) is 23.3. The van der Waals surface area contributed by atoms with Gasteiger partial charge in [-0.25, -0.2) is 0 Å². The van der Waals surface area contributed by atoms with E-state index in [1.165, 1.54) is 0 Å². The van der Waals surface area contributed by atoms with Crippen LogP contribution in [0.5, 0.6) is 0 Å². The molecule has 4 heteroatoms. The molecule has 0 aromatic heterocycles. The average Bonchev–Trinajstić information content (AvgIpc) is 2.27. The molecule has 0 aliphatic heterocycles. The van der Waals surface area contributed by atoms with Crippen molar-refractivity contribution in [2.75, 3.05) is 0 Å². The standard InChI is InChI=1S/C14H27NO3/c1-7-13(5,8-2)15-11(16)9-14(6,10(3)4)12(17)18/h10H,7-9H2,1-6H3,(H,15,16)(H,17,18). The van der Waals surface area contributed by atoms with Crippen molar-refractivity contribution in [2.45, 2.75) is 66.3 Å². The highest BCUT2D eigenvalue weighted by molar-refractivity contribution is 5.85. The Labute approximate surface area is 110 Å². The number of carbonyl (C=O) groups is 2.